The number of nitrogens with zero attached hydrogens (tertiary/aromatic N) is 5. The topological polar surface area (TPSA) is 70.8 Å². The van der Waals surface area contributed by atoms with E-state index in [9.17, 15) is 4.91 Å². The molecule has 0 spiro atoms. The number of rotatable bonds is 6. The van der Waals surface area contributed by atoms with Crippen molar-refractivity contribution in [3.63, 3.8) is 0 Å². The number of hydrogen-bond acceptors (Lipinski definition) is 8. The molecule has 0 aliphatic carbocycles. The predicted molar refractivity (Wildman–Crippen MR) is 131 cm³/mol. The Bertz CT molecular complexity index is 1280. The minimum Gasteiger partial charge on any atom is -0.497 e. The molecule has 0 bridgehead atoms. The Labute approximate surface area is 195 Å². The molecule has 8 nitrogen and oxygen atoms in total. The quantitative estimate of drug-likeness (QED) is 0.386. The molecule has 0 amide bonds. The Balaban J connectivity index is 1.43. The number of aromatic nitrogens is 2. The molecule has 0 unspecified atom stereocenters. The first kappa shape index (κ1) is 21.1. The third-order valence-corrected chi connectivity index (χ3v) is 6.80. The fourth-order valence-electron chi connectivity index (χ4n) is 4.23. The number of ether oxygens (including phenoxy) is 1. The Morgan fingerprint density at radius 2 is 1.67 bits per heavy atom. The van der Waals surface area contributed by atoms with Crippen LogP contribution in [0.1, 0.15) is 0 Å². The zero-order chi connectivity index (χ0) is 22.8. The predicted octanol–water partition coefficient (Wildman–Crippen LogP) is 4.67. The molecular formula is C24H24N5O3S+. The summed E-state index contributed by atoms with van der Waals surface area (Å²) in [5.41, 5.74) is 3.62. The molecule has 9 heteroatoms. The van der Waals surface area contributed by atoms with Gasteiger partial charge in [0.25, 0.3) is 4.92 Å². The van der Waals surface area contributed by atoms with Gasteiger partial charge in [0.1, 0.15) is 28.4 Å². The van der Waals surface area contributed by atoms with Crippen LogP contribution in [-0.2, 0) is 4.84 Å². The van der Waals surface area contributed by atoms with Crippen LogP contribution in [0.15, 0.2) is 60.2 Å². The van der Waals surface area contributed by atoms with Crippen LogP contribution in [0.2, 0.25) is 0 Å². The lowest BCUT2D eigenvalue weighted by molar-refractivity contribution is -0.736. The number of anilines is 2. The molecule has 1 saturated heterocycles. The van der Waals surface area contributed by atoms with E-state index in [0.717, 1.165) is 64.8 Å². The van der Waals surface area contributed by atoms with Gasteiger partial charge >= 0.3 is 5.69 Å². The molecule has 5 rings (SSSR count). The first-order valence-corrected chi connectivity index (χ1v) is 11.5. The molecular weight excluding hydrogens is 438 g/mol. The molecule has 0 radical (unpaired) electrons. The summed E-state index contributed by atoms with van der Waals surface area (Å²) in [5, 5.41) is 3.22. The maximum atomic E-state index is 12.1. The van der Waals surface area contributed by atoms with Gasteiger partial charge in [0.15, 0.2) is 7.11 Å². The summed E-state index contributed by atoms with van der Waals surface area (Å²) < 4.78 is 5.30. The van der Waals surface area contributed by atoms with Crippen LogP contribution in [0.5, 0.6) is 5.75 Å². The van der Waals surface area contributed by atoms with Gasteiger partial charge < -0.3 is 14.5 Å². The number of para-hydroxylation sites is 2. The molecule has 1 aliphatic heterocycles. The van der Waals surface area contributed by atoms with Crippen molar-refractivity contribution in [1.82, 2.24) is 9.97 Å². The summed E-state index contributed by atoms with van der Waals surface area (Å²) in [6, 6.07) is 15.6. The summed E-state index contributed by atoms with van der Waals surface area (Å²) in [4.78, 5) is 32.2. The average Bonchev–Trinajstić information content (AvgIpc) is 3.33. The standard InChI is InChI=1S/C24H24N5O3S/c1-31-18-9-7-17(8-10-18)19-15-33-24-22(19)23(25-16-26-24)28-13-11-27(12-14-28)20-5-3-4-6-21(20)29(30)32-2/h3-10,15-16H,11-14H2,1-2H3/q+1. The van der Waals surface area contributed by atoms with Crippen LogP contribution in [0, 0.1) is 4.91 Å². The van der Waals surface area contributed by atoms with Crippen molar-refractivity contribution in [2.45, 2.75) is 0 Å². The maximum absolute atomic E-state index is 12.1. The van der Waals surface area contributed by atoms with Crippen molar-refractivity contribution in [2.24, 2.45) is 0 Å². The number of methoxy groups -OCH3 is 1. The molecule has 1 aliphatic rings. The summed E-state index contributed by atoms with van der Waals surface area (Å²) >= 11 is 1.63. The highest BCUT2D eigenvalue weighted by atomic mass is 32.1. The van der Waals surface area contributed by atoms with Crippen LogP contribution in [0.25, 0.3) is 21.3 Å². The van der Waals surface area contributed by atoms with Crippen LogP contribution in [0.3, 0.4) is 0 Å². The molecule has 3 heterocycles. The fourth-order valence-corrected chi connectivity index (χ4v) is 5.14. The zero-order valence-electron chi connectivity index (χ0n) is 18.5. The highest BCUT2D eigenvalue weighted by Crippen LogP contribution is 2.39. The number of hydrogen-bond donors (Lipinski definition) is 0. The van der Waals surface area contributed by atoms with Crippen molar-refractivity contribution in [3.05, 3.63) is 65.1 Å². The molecule has 0 atom stereocenters. The van der Waals surface area contributed by atoms with Gasteiger partial charge in [-0.15, -0.1) is 11.3 Å². The molecule has 33 heavy (non-hydrogen) atoms. The van der Waals surface area contributed by atoms with Gasteiger partial charge in [0.2, 0.25) is 0 Å². The van der Waals surface area contributed by atoms with Crippen LogP contribution in [-0.4, -0.2) is 55.3 Å². The van der Waals surface area contributed by atoms with Crippen molar-refractivity contribution >= 4 is 38.7 Å². The van der Waals surface area contributed by atoms with E-state index in [2.05, 4.69) is 37.3 Å². The van der Waals surface area contributed by atoms with E-state index >= 15 is 0 Å². The minimum atomic E-state index is 0.512. The summed E-state index contributed by atoms with van der Waals surface area (Å²) in [5.74, 6) is 1.78. The van der Waals surface area contributed by atoms with Crippen LogP contribution < -0.4 is 14.5 Å². The zero-order valence-corrected chi connectivity index (χ0v) is 19.3. The van der Waals surface area contributed by atoms with Gasteiger partial charge in [0.05, 0.1) is 17.4 Å². The molecule has 2 aromatic carbocycles. The van der Waals surface area contributed by atoms with Gasteiger partial charge in [-0.1, -0.05) is 24.3 Å². The third kappa shape index (κ3) is 3.95. The van der Waals surface area contributed by atoms with E-state index in [1.54, 1.807) is 30.8 Å². The van der Waals surface area contributed by atoms with E-state index in [1.807, 2.05) is 30.3 Å². The van der Waals surface area contributed by atoms with Gasteiger partial charge in [0, 0.05) is 43.2 Å². The Morgan fingerprint density at radius 3 is 2.39 bits per heavy atom. The largest absolute Gasteiger partial charge is 0.497 e. The van der Waals surface area contributed by atoms with Crippen LogP contribution >= 0.6 is 11.3 Å². The first-order chi connectivity index (χ1) is 16.2. The monoisotopic (exact) mass is 462 g/mol. The number of fused-ring (bicyclic) bond motifs is 1. The second-order valence-electron chi connectivity index (χ2n) is 7.66. The maximum Gasteiger partial charge on any atom is 0.339 e. The SMILES string of the molecule is COc1ccc(-c2csc3ncnc(N4CCN(c5ccccc5[N+](=O)OC)CC4)c23)cc1. The van der Waals surface area contributed by atoms with E-state index in [0.29, 0.717) is 10.6 Å². The lowest BCUT2D eigenvalue weighted by Gasteiger charge is -2.36. The Morgan fingerprint density at radius 1 is 0.939 bits per heavy atom. The number of thiophene rings is 1. The van der Waals surface area contributed by atoms with Gasteiger partial charge in [-0.3, -0.25) is 0 Å². The lowest BCUT2D eigenvalue weighted by Crippen LogP contribution is -2.47. The van der Waals surface area contributed by atoms with Crippen LogP contribution in [0.4, 0.5) is 17.2 Å². The lowest BCUT2D eigenvalue weighted by atomic mass is 10.1. The second-order valence-corrected chi connectivity index (χ2v) is 8.52. The van der Waals surface area contributed by atoms with E-state index in [4.69, 9.17) is 9.57 Å². The normalized spacial score (nSPS) is 13.9. The molecule has 0 saturated carbocycles. The minimum absolute atomic E-state index is 0.512. The first-order valence-electron chi connectivity index (χ1n) is 10.7. The fraction of sp³-hybridized carbons (Fsp3) is 0.250. The van der Waals surface area contributed by atoms with E-state index in [1.165, 1.54) is 7.11 Å². The van der Waals surface area contributed by atoms with Gasteiger partial charge in [-0.25, -0.2) is 14.8 Å². The van der Waals surface area contributed by atoms with Gasteiger partial charge in [-0.05, 0) is 23.8 Å². The van der Waals surface area contributed by atoms with Crippen molar-refractivity contribution < 1.29 is 14.5 Å². The van der Waals surface area contributed by atoms with Crippen molar-refractivity contribution in [3.8, 4) is 16.9 Å². The highest BCUT2D eigenvalue weighted by molar-refractivity contribution is 7.17. The summed E-state index contributed by atoms with van der Waals surface area (Å²) in [6.07, 6.45) is 1.64. The molecule has 0 N–H and O–H groups in total. The average molecular weight is 463 g/mol. The van der Waals surface area contributed by atoms with Gasteiger partial charge in [-0.2, -0.15) is 0 Å². The summed E-state index contributed by atoms with van der Waals surface area (Å²) in [7, 11) is 3.05. The smallest absolute Gasteiger partial charge is 0.339 e. The highest BCUT2D eigenvalue weighted by Gasteiger charge is 2.28. The van der Waals surface area contributed by atoms with E-state index < -0.39 is 0 Å². The summed E-state index contributed by atoms with van der Waals surface area (Å²) in [6.45, 7) is 3.10. The van der Waals surface area contributed by atoms with Crippen molar-refractivity contribution in [2.75, 3.05) is 50.2 Å². The molecule has 168 valence electrons. The Kier molecular flexibility index (Phi) is 5.78. The Hall–Kier alpha value is -3.72. The molecule has 4 aromatic rings. The van der Waals surface area contributed by atoms with Crippen molar-refractivity contribution in [1.29, 1.82) is 0 Å². The number of benzene rings is 2. The molecule has 2 aromatic heterocycles. The second kappa shape index (κ2) is 9.03. The van der Waals surface area contributed by atoms with E-state index in [-0.39, 0.29) is 0 Å². The number of piperazine rings is 1. The third-order valence-electron chi connectivity index (χ3n) is 5.92. The molecule has 1 fully saturated rings.